The predicted molar refractivity (Wildman–Crippen MR) is 95.7 cm³/mol. The summed E-state index contributed by atoms with van der Waals surface area (Å²) in [6.07, 6.45) is 1.57. The first-order valence-electron chi connectivity index (χ1n) is 7.83. The van der Waals surface area contributed by atoms with Crippen LogP contribution < -0.4 is 19.8 Å². The van der Waals surface area contributed by atoms with E-state index in [1.54, 1.807) is 28.9 Å². The number of fused-ring (bicyclic) bond motifs is 3. The van der Waals surface area contributed by atoms with Crippen molar-refractivity contribution in [2.24, 2.45) is 0 Å². The monoisotopic (exact) mass is 352 g/mol. The third kappa shape index (κ3) is 2.19. The van der Waals surface area contributed by atoms with E-state index < -0.39 is 0 Å². The van der Waals surface area contributed by atoms with Gasteiger partial charge in [0.05, 0.1) is 37.9 Å². The van der Waals surface area contributed by atoms with Gasteiger partial charge < -0.3 is 14.2 Å². The first-order valence-corrected chi connectivity index (χ1v) is 7.83. The second-order valence-corrected chi connectivity index (χ2v) is 5.54. The molecule has 0 saturated heterocycles. The standard InChI is InChI=1S/C18H16N4O4/c1-24-14-8-11(9-15(25-2)16(14)26-3)22-17(23)12-6-4-5-7-13(12)21-10-19-20-18(21)22/h4-10H,1-3H3. The molecule has 0 amide bonds. The third-order valence-corrected chi connectivity index (χ3v) is 4.23. The molecule has 8 heteroatoms. The Bertz CT molecular complexity index is 1150. The summed E-state index contributed by atoms with van der Waals surface area (Å²) in [7, 11) is 4.58. The number of para-hydroxylation sites is 1. The Morgan fingerprint density at radius 2 is 1.65 bits per heavy atom. The van der Waals surface area contributed by atoms with Crippen LogP contribution in [0.5, 0.6) is 17.2 Å². The molecule has 0 radical (unpaired) electrons. The molecule has 0 unspecified atom stereocenters. The van der Waals surface area contributed by atoms with Crippen LogP contribution in [-0.4, -0.2) is 40.5 Å². The van der Waals surface area contributed by atoms with Crippen LogP contribution in [0.1, 0.15) is 0 Å². The van der Waals surface area contributed by atoms with Gasteiger partial charge in [-0.1, -0.05) is 12.1 Å². The van der Waals surface area contributed by atoms with Crippen molar-refractivity contribution in [1.82, 2.24) is 19.2 Å². The predicted octanol–water partition coefficient (Wildman–Crippen LogP) is 2.06. The van der Waals surface area contributed by atoms with E-state index in [9.17, 15) is 4.79 Å². The zero-order valence-electron chi connectivity index (χ0n) is 14.5. The molecule has 0 fully saturated rings. The Morgan fingerprint density at radius 1 is 0.962 bits per heavy atom. The summed E-state index contributed by atoms with van der Waals surface area (Å²) < 4.78 is 19.4. The molecule has 0 atom stereocenters. The summed E-state index contributed by atoms with van der Waals surface area (Å²) in [5, 5.41) is 8.64. The molecule has 4 rings (SSSR count). The van der Waals surface area contributed by atoms with Gasteiger partial charge in [-0.2, -0.15) is 0 Å². The molecule has 0 aliphatic carbocycles. The lowest BCUT2D eigenvalue weighted by Gasteiger charge is -2.16. The summed E-state index contributed by atoms with van der Waals surface area (Å²) in [6, 6.07) is 10.7. The average Bonchev–Trinajstić information content (AvgIpc) is 3.16. The van der Waals surface area contributed by atoms with Crippen LogP contribution in [0.15, 0.2) is 47.5 Å². The lowest BCUT2D eigenvalue weighted by atomic mass is 10.2. The van der Waals surface area contributed by atoms with E-state index in [0.29, 0.717) is 34.1 Å². The minimum absolute atomic E-state index is 0.213. The molecule has 0 saturated carbocycles. The molecule has 2 heterocycles. The minimum Gasteiger partial charge on any atom is -0.493 e. The normalized spacial score (nSPS) is 11.0. The second kappa shape index (κ2) is 6.07. The van der Waals surface area contributed by atoms with E-state index in [-0.39, 0.29) is 5.56 Å². The van der Waals surface area contributed by atoms with Gasteiger partial charge in [-0.15, -0.1) is 10.2 Å². The minimum atomic E-state index is -0.213. The summed E-state index contributed by atoms with van der Waals surface area (Å²) in [5.41, 5.74) is 1.06. The highest BCUT2D eigenvalue weighted by Gasteiger charge is 2.18. The van der Waals surface area contributed by atoms with Gasteiger partial charge in [-0.25, -0.2) is 4.57 Å². The van der Waals surface area contributed by atoms with Gasteiger partial charge in [0.2, 0.25) is 11.5 Å². The molecular formula is C18H16N4O4. The topological polar surface area (TPSA) is 79.9 Å². The maximum absolute atomic E-state index is 13.2. The smallest absolute Gasteiger partial charge is 0.267 e. The Balaban J connectivity index is 2.13. The first kappa shape index (κ1) is 15.9. The van der Waals surface area contributed by atoms with Crippen molar-refractivity contribution in [1.29, 1.82) is 0 Å². The van der Waals surface area contributed by atoms with Crippen LogP contribution in [0.3, 0.4) is 0 Å². The van der Waals surface area contributed by atoms with Crippen molar-refractivity contribution in [3.05, 3.63) is 53.1 Å². The largest absolute Gasteiger partial charge is 0.493 e. The average molecular weight is 352 g/mol. The molecular weight excluding hydrogens is 336 g/mol. The number of methoxy groups -OCH3 is 3. The van der Waals surface area contributed by atoms with Crippen molar-refractivity contribution < 1.29 is 14.2 Å². The molecule has 8 nitrogen and oxygen atoms in total. The number of aromatic nitrogens is 4. The van der Waals surface area contributed by atoms with Gasteiger partial charge in [-0.05, 0) is 12.1 Å². The van der Waals surface area contributed by atoms with Crippen molar-refractivity contribution in [2.75, 3.05) is 21.3 Å². The highest BCUT2D eigenvalue weighted by atomic mass is 16.5. The maximum Gasteiger partial charge on any atom is 0.267 e. The highest BCUT2D eigenvalue weighted by molar-refractivity contribution is 5.81. The number of hydrogen-bond acceptors (Lipinski definition) is 6. The number of ether oxygens (including phenoxy) is 3. The molecule has 4 aromatic rings. The van der Waals surface area contributed by atoms with Crippen LogP contribution in [0.4, 0.5) is 0 Å². The molecule has 0 aliphatic rings. The van der Waals surface area contributed by atoms with E-state index in [4.69, 9.17) is 14.2 Å². The fraction of sp³-hybridized carbons (Fsp3) is 0.167. The van der Waals surface area contributed by atoms with Gasteiger partial charge in [0.1, 0.15) is 6.33 Å². The Kier molecular flexibility index (Phi) is 3.72. The van der Waals surface area contributed by atoms with Crippen LogP contribution in [0.2, 0.25) is 0 Å². The van der Waals surface area contributed by atoms with E-state index in [1.807, 2.05) is 18.2 Å². The van der Waals surface area contributed by atoms with Crippen molar-refractivity contribution >= 4 is 16.7 Å². The lowest BCUT2D eigenvalue weighted by Crippen LogP contribution is -2.21. The maximum atomic E-state index is 13.2. The molecule has 0 N–H and O–H groups in total. The lowest BCUT2D eigenvalue weighted by molar-refractivity contribution is 0.324. The zero-order valence-corrected chi connectivity index (χ0v) is 14.5. The quantitative estimate of drug-likeness (QED) is 0.559. The molecule has 0 aliphatic heterocycles. The molecule has 132 valence electrons. The fourth-order valence-electron chi connectivity index (χ4n) is 3.06. The van der Waals surface area contributed by atoms with Gasteiger partial charge in [0.15, 0.2) is 11.5 Å². The van der Waals surface area contributed by atoms with E-state index in [1.165, 1.54) is 25.9 Å². The summed E-state index contributed by atoms with van der Waals surface area (Å²) in [6.45, 7) is 0. The molecule has 0 spiro atoms. The van der Waals surface area contributed by atoms with Crippen molar-refractivity contribution in [2.45, 2.75) is 0 Å². The van der Waals surface area contributed by atoms with Crippen LogP contribution >= 0.6 is 0 Å². The molecule has 26 heavy (non-hydrogen) atoms. The molecule has 0 bridgehead atoms. The molecule has 2 aromatic heterocycles. The van der Waals surface area contributed by atoms with Gasteiger partial charge >= 0.3 is 0 Å². The number of nitrogens with zero attached hydrogens (tertiary/aromatic N) is 4. The van der Waals surface area contributed by atoms with Crippen molar-refractivity contribution in [3.8, 4) is 22.9 Å². The van der Waals surface area contributed by atoms with Crippen LogP contribution in [0.25, 0.3) is 22.4 Å². The Morgan fingerprint density at radius 3 is 2.31 bits per heavy atom. The van der Waals surface area contributed by atoms with E-state index in [2.05, 4.69) is 10.2 Å². The summed E-state index contributed by atoms with van der Waals surface area (Å²) in [4.78, 5) is 13.2. The Labute approximate surface area is 148 Å². The van der Waals surface area contributed by atoms with Crippen LogP contribution in [0, 0.1) is 0 Å². The van der Waals surface area contributed by atoms with Gasteiger partial charge in [0, 0.05) is 12.1 Å². The summed E-state index contributed by atoms with van der Waals surface area (Å²) in [5.74, 6) is 1.73. The fourth-order valence-corrected chi connectivity index (χ4v) is 3.06. The van der Waals surface area contributed by atoms with Crippen molar-refractivity contribution in [3.63, 3.8) is 0 Å². The van der Waals surface area contributed by atoms with E-state index >= 15 is 0 Å². The highest BCUT2D eigenvalue weighted by Crippen LogP contribution is 2.39. The SMILES string of the molecule is COc1cc(-n2c(=O)c3ccccc3n3cnnc23)cc(OC)c1OC. The molecule has 2 aromatic carbocycles. The number of rotatable bonds is 4. The number of benzene rings is 2. The number of hydrogen-bond donors (Lipinski definition) is 0. The Hall–Kier alpha value is -3.55. The van der Waals surface area contributed by atoms with Crippen LogP contribution in [-0.2, 0) is 0 Å². The van der Waals surface area contributed by atoms with Gasteiger partial charge in [-0.3, -0.25) is 9.20 Å². The second-order valence-electron chi connectivity index (χ2n) is 5.54. The van der Waals surface area contributed by atoms with E-state index in [0.717, 1.165) is 5.52 Å². The third-order valence-electron chi connectivity index (χ3n) is 4.23. The zero-order chi connectivity index (χ0) is 18.3. The summed E-state index contributed by atoms with van der Waals surface area (Å²) >= 11 is 0. The first-order chi connectivity index (χ1) is 12.7. The van der Waals surface area contributed by atoms with Gasteiger partial charge in [0.25, 0.3) is 5.56 Å².